The summed E-state index contributed by atoms with van der Waals surface area (Å²) in [5.74, 6) is 0.868. The van der Waals surface area contributed by atoms with E-state index < -0.39 is 0 Å². The molecule has 3 heteroatoms. The van der Waals surface area contributed by atoms with E-state index >= 15 is 0 Å². The SMILES string of the molecule is CNC(C#N)CSC. The van der Waals surface area contributed by atoms with E-state index in [4.69, 9.17) is 5.26 Å². The maximum absolute atomic E-state index is 8.33. The van der Waals surface area contributed by atoms with Crippen LogP contribution in [0, 0.1) is 11.3 Å². The van der Waals surface area contributed by atoms with Crippen molar-refractivity contribution in [2.75, 3.05) is 19.1 Å². The maximum atomic E-state index is 8.33. The first kappa shape index (κ1) is 7.80. The molecule has 0 heterocycles. The van der Waals surface area contributed by atoms with Crippen LogP contribution in [0.4, 0.5) is 0 Å². The van der Waals surface area contributed by atoms with Gasteiger partial charge in [-0.1, -0.05) is 0 Å². The third kappa shape index (κ3) is 2.89. The first-order chi connectivity index (χ1) is 3.85. The normalized spacial score (nSPS) is 12.6. The molecule has 0 saturated heterocycles. The van der Waals surface area contributed by atoms with Crippen LogP contribution in [-0.4, -0.2) is 25.1 Å². The van der Waals surface area contributed by atoms with Crippen LogP contribution in [0.25, 0.3) is 0 Å². The lowest BCUT2D eigenvalue weighted by molar-refractivity contribution is 0.750. The minimum absolute atomic E-state index is 0.0185. The molecule has 0 aromatic heterocycles. The molecule has 0 aliphatic rings. The third-order valence-corrected chi connectivity index (χ3v) is 1.50. The van der Waals surface area contributed by atoms with Gasteiger partial charge in [0.2, 0.25) is 0 Å². The van der Waals surface area contributed by atoms with Crippen molar-refractivity contribution in [1.29, 1.82) is 5.26 Å². The van der Waals surface area contributed by atoms with Crippen molar-refractivity contribution < 1.29 is 0 Å². The second-order valence-corrected chi connectivity index (χ2v) is 2.34. The van der Waals surface area contributed by atoms with Crippen LogP contribution in [0.5, 0.6) is 0 Å². The maximum Gasteiger partial charge on any atom is 0.104 e. The fraction of sp³-hybridized carbons (Fsp3) is 0.800. The van der Waals surface area contributed by atoms with Crippen LogP contribution < -0.4 is 5.32 Å². The molecular formula is C5H10N2S. The number of nitrogens with one attached hydrogen (secondary N) is 1. The summed E-state index contributed by atoms with van der Waals surface area (Å²) in [6.07, 6.45) is 1.99. The monoisotopic (exact) mass is 130 g/mol. The number of nitrogens with zero attached hydrogens (tertiary/aromatic N) is 1. The first-order valence-electron chi connectivity index (χ1n) is 2.41. The smallest absolute Gasteiger partial charge is 0.104 e. The molecule has 0 spiro atoms. The van der Waals surface area contributed by atoms with Gasteiger partial charge in [-0.3, -0.25) is 0 Å². The van der Waals surface area contributed by atoms with Crippen LogP contribution in [0.15, 0.2) is 0 Å². The van der Waals surface area contributed by atoms with E-state index in [1.807, 2.05) is 6.26 Å². The van der Waals surface area contributed by atoms with Crippen molar-refractivity contribution >= 4 is 11.8 Å². The minimum atomic E-state index is 0.0185. The Labute approximate surface area is 54.3 Å². The molecule has 1 unspecified atom stereocenters. The number of hydrogen-bond acceptors (Lipinski definition) is 3. The van der Waals surface area contributed by atoms with Gasteiger partial charge in [-0.05, 0) is 13.3 Å². The van der Waals surface area contributed by atoms with Gasteiger partial charge in [0.15, 0.2) is 0 Å². The van der Waals surface area contributed by atoms with Gasteiger partial charge in [-0.2, -0.15) is 17.0 Å². The van der Waals surface area contributed by atoms with Gasteiger partial charge >= 0.3 is 0 Å². The molecular weight excluding hydrogens is 120 g/mol. The van der Waals surface area contributed by atoms with E-state index in [0.717, 1.165) is 5.75 Å². The fourth-order valence-electron chi connectivity index (χ4n) is 0.352. The molecule has 0 saturated carbocycles. The lowest BCUT2D eigenvalue weighted by Crippen LogP contribution is -2.25. The minimum Gasteiger partial charge on any atom is -0.304 e. The standard InChI is InChI=1S/C5H10N2S/c1-7-5(3-6)4-8-2/h5,7H,4H2,1-2H3. The van der Waals surface area contributed by atoms with Crippen LogP contribution in [-0.2, 0) is 0 Å². The summed E-state index contributed by atoms with van der Waals surface area (Å²) in [6, 6.07) is 2.14. The highest BCUT2D eigenvalue weighted by atomic mass is 32.2. The second kappa shape index (κ2) is 4.95. The largest absolute Gasteiger partial charge is 0.304 e. The van der Waals surface area contributed by atoms with Gasteiger partial charge in [-0.15, -0.1) is 0 Å². The average molecular weight is 130 g/mol. The fourth-order valence-corrected chi connectivity index (χ4v) is 0.926. The molecule has 0 bridgehead atoms. The highest BCUT2D eigenvalue weighted by Gasteiger charge is 1.98. The number of nitriles is 1. The van der Waals surface area contributed by atoms with Crippen molar-refractivity contribution in [1.82, 2.24) is 5.32 Å². The summed E-state index contributed by atoms with van der Waals surface area (Å²) in [5, 5.41) is 11.2. The lowest BCUT2D eigenvalue weighted by atomic mass is 10.4. The van der Waals surface area contributed by atoms with Crippen LogP contribution in [0.1, 0.15) is 0 Å². The molecule has 0 radical (unpaired) electrons. The van der Waals surface area contributed by atoms with E-state index in [-0.39, 0.29) is 6.04 Å². The van der Waals surface area contributed by atoms with Gasteiger partial charge in [0.25, 0.3) is 0 Å². The molecule has 1 atom stereocenters. The summed E-state index contributed by atoms with van der Waals surface area (Å²) >= 11 is 1.67. The van der Waals surface area contributed by atoms with Crippen molar-refractivity contribution in [2.24, 2.45) is 0 Å². The zero-order valence-electron chi connectivity index (χ0n) is 5.14. The molecule has 8 heavy (non-hydrogen) atoms. The molecule has 0 aromatic carbocycles. The summed E-state index contributed by atoms with van der Waals surface area (Å²) in [7, 11) is 1.80. The highest BCUT2D eigenvalue weighted by Crippen LogP contribution is 1.93. The van der Waals surface area contributed by atoms with Crippen LogP contribution in [0.2, 0.25) is 0 Å². The quantitative estimate of drug-likeness (QED) is 0.603. The van der Waals surface area contributed by atoms with Crippen molar-refractivity contribution in [3.63, 3.8) is 0 Å². The third-order valence-electron chi connectivity index (χ3n) is 0.838. The number of rotatable bonds is 3. The van der Waals surface area contributed by atoms with E-state index in [1.54, 1.807) is 18.8 Å². The molecule has 0 fully saturated rings. The Morgan fingerprint density at radius 1 is 1.88 bits per heavy atom. The van der Waals surface area contributed by atoms with Gasteiger partial charge in [0, 0.05) is 5.75 Å². The summed E-state index contributed by atoms with van der Waals surface area (Å²) in [6.45, 7) is 0. The Morgan fingerprint density at radius 3 is 2.62 bits per heavy atom. The van der Waals surface area contributed by atoms with Crippen LogP contribution >= 0.6 is 11.8 Å². The molecule has 0 aromatic rings. The predicted molar refractivity (Wildman–Crippen MR) is 36.8 cm³/mol. The zero-order valence-corrected chi connectivity index (χ0v) is 5.96. The Balaban J connectivity index is 3.26. The Kier molecular flexibility index (Phi) is 4.82. The summed E-state index contributed by atoms with van der Waals surface area (Å²) in [4.78, 5) is 0. The second-order valence-electron chi connectivity index (χ2n) is 1.43. The Bertz CT molecular complexity index is 86.9. The van der Waals surface area contributed by atoms with E-state index in [9.17, 15) is 0 Å². The van der Waals surface area contributed by atoms with E-state index in [1.165, 1.54) is 0 Å². The Morgan fingerprint density at radius 2 is 2.50 bits per heavy atom. The molecule has 1 N–H and O–H groups in total. The zero-order chi connectivity index (χ0) is 6.41. The Hall–Kier alpha value is -0.200. The van der Waals surface area contributed by atoms with Crippen molar-refractivity contribution in [3.05, 3.63) is 0 Å². The molecule has 0 amide bonds. The average Bonchev–Trinajstić information content (AvgIpc) is 1.83. The van der Waals surface area contributed by atoms with Crippen molar-refractivity contribution in [3.8, 4) is 6.07 Å². The number of hydrogen-bond donors (Lipinski definition) is 1. The topological polar surface area (TPSA) is 35.8 Å². The molecule has 0 aliphatic carbocycles. The predicted octanol–water partition coefficient (Wildman–Crippen LogP) is 0.461. The highest BCUT2D eigenvalue weighted by molar-refractivity contribution is 7.98. The molecule has 2 nitrogen and oxygen atoms in total. The van der Waals surface area contributed by atoms with E-state index in [0.29, 0.717) is 0 Å². The van der Waals surface area contributed by atoms with Gasteiger partial charge in [0.05, 0.1) is 6.07 Å². The molecule has 46 valence electrons. The van der Waals surface area contributed by atoms with E-state index in [2.05, 4.69) is 11.4 Å². The summed E-state index contributed by atoms with van der Waals surface area (Å²) < 4.78 is 0. The van der Waals surface area contributed by atoms with Crippen LogP contribution in [0.3, 0.4) is 0 Å². The first-order valence-corrected chi connectivity index (χ1v) is 3.80. The van der Waals surface area contributed by atoms with Gasteiger partial charge < -0.3 is 5.32 Å². The number of thioether (sulfide) groups is 1. The molecule has 0 aliphatic heterocycles. The van der Waals surface area contributed by atoms with Gasteiger partial charge in [-0.25, -0.2) is 0 Å². The summed E-state index contributed by atoms with van der Waals surface area (Å²) in [5.41, 5.74) is 0. The lowest BCUT2D eigenvalue weighted by Gasteiger charge is -2.01. The van der Waals surface area contributed by atoms with Crippen molar-refractivity contribution in [2.45, 2.75) is 6.04 Å². The van der Waals surface area contributed by atoms with Gasteiger partial charge in [0.1, 0.15) is 6.04 Å². The molecule has 0 rings (SSSR count).